The van der Waals surface area contributed by atoms with E-state index < -0.39 is 17.4 Å². The van der Waals surface area contributed by atoms with Gasteiger partial charge in [-0.25, -0.2) is 0 Å². The van der Waals surface area contributed by atoms with Crippen LogP contribution in [0, 0.1) is 0 Å². The lowest BCUT2D eigenvalue weighted by atomic mass is 10.0. The van der Waals surface area contributed by atoms with E-state index in [9.17, 15) is 9.59 Å². The molecule has 0 spiro atoms. The van der Waals surface area contributed by atoms with Crippen LogP contribution in [0.3, 0.4) is 0 Å². The highest BCUT2D eigenvalue weighted by Crippen LogP contribution is 2.36. The van der Waals surface area contributed by atoms with Gasteiger partial charge in [-0.2, -0.15) is 5.10 Å². The highest BCUT2D eigenvalue weighted by molar-refractivity contribution is 6.31. The molecule has 1 atom stereocenters. The summed E-state index contributed by atoms with van der Waals surface area (Å²) in [6, 6.07) is 12.2. The highest BCUT2D eigenvalue weighted by atomic mass is 35.5. The van der Waals surface area contributed by atoms with Gasteiger partial charge in [-0.1, -0.05) is 41.4 Å². The number of hydrogen-bond donors (Lipinski definition) is 2. The second-order valence-corrected chi connectivity index (χ2v) is 7.55. The maximum Gasteiger partial charge on any atom is 0.278 e. The van der Waals surface area contributed by atoms with Gasteiger partial charge in [-0.05, 0) is 36.8 Å². The summed E-state index contributed by atoms with van der Waals surface area (Å²) in [6.07, 6.45) is 3.14. The third-order valence-corrected chi connectivity index (χ3v) is 5.16. The first-order valence-electron chi connectivity index (χ1n) is 8.72. The summed E-state index contributed by atoms with van der Waals surface area (Å²) in [5.41, 5.74) is 0.000327. The third-order valence-electron chi connectivity index (χ3n) is 4.55. The maximum absolute atomic E-state index is 12.8. The van der Waals surface area contributed by atoms with E-state index in [1.54, 1.807) is 35.1 Å². The molecule has 7 nitrogen and oxygen atoms in total. The predicted molar refractivity (Wildman–Crippen MR) is 111 cm³/mol. The van der Waals surface area contributed by atoms with E-state index in [1.807, 2.05) is 18.2 Å². The van der Waals surface area contributed by atoms with E-state index in [4.69, 9.17) is 27.9 Å². The number of nitrogens with one attached hydrogen (secondary N) is 2. The Morgan fingerprint density at radius 2 is 2.07 bits per heavy atom. The molecule has 29 heavy (non-hydrogen) atoms. The van der Waals surface area contributed by atoms with Crippen LogP contribution in [0.15, 0.2) is 54.9 Å². The second-order valence-electron chi connectivity index (χ2n) is 6.70. The lowest BCUT2D eigenvalue weighted by molar-refractivity contribution is -0.143. The van der Waals surface area contributed by atoms with Crippen molar-refractivity contribution in [2.75, 3.05) is 10.6 Å². The average molecular weight is 431 g/mol. The molecule has 3 aromatic rings. The van der Waals surface area contributed by atoms with Crippen LogP contribution in [-0.4, -0.2) is 27.2 Å². The molecule has 0 saturated heterocycles. The largest absolute Gasteiger partial charge is 0.466 e. The highest BCUT2D eigenvalue weighted by Gasteiger charge is 2.47. The van der Waals surface area contributed by atoms with Crippen molar-refractivity contribution in [1.29, 1.82) is 0 Å². The Hall–Kier alpha value is -3.03. The lowest BCUT2D eigenvalue weighted by Crippen LogP contribution is -2.56. The fraction of sp³-hybridized carbons (Fsp3) is 0.150. The molecule has 1 unspecified atom stereocenters. The zero-order valence-corrected chi connectivity index (χ0v) is 16.8. The van der Waals surface area contributed by atoms with Crippen molar-refractivity contribution in [1.82, 2.24) is 9.78 Å². The van der Waals surface area contributed by atoms with Gasteiger partial charge >= 0.3 is 0 Å². The Labute approximate surface area is 176 Å². The molecule has 9 heteroatoms. The topological polar surface area (TPSA) is 85.2 Å². The van der Waals surface area contributed by atoms with Gasteiger partial charge in [0.1, 0.15) is 5.75 Å². The van der Waals surface area contributed by atoms with Crippen LogP contribution in [-0.2, 0) is 16.1 Å². The molecule has 0 aliphatic carbocycles. The van der Waals surface area contributed by atoms with Gasteiger partial charge in [-0.3, -0.25) is 14.3 Å². The molecule has 0 bridgehead atoms. The minimum absolute atomic E-state index is 0.362. The average Bonchev–Trinajstić information content (AvgIpc) is 3.12. The number of carbonyl (C=O) groups excluding carboxylic acids is 2. The number of amides is 2. The monoisotopic (exact) mass is 430 g/mol. The van der Waals surface area contributed by atoms with Gasteiger partial charge in [0.25, 0.3) is 17.4 Å². The first-order chi connectivity index (χ1) is 13.8. The Morgan fingerprint density at radius 3 is 2.86 bits per heavy atom. The Morgan fingerprint density at radius 1 is 1.28 bits per heavy atom. The quantitative estimate of drug-likeness (QED) is 0.613. The maximum atomic E-state index is 12.8. The Kier molecular flexibility index (Phi) is 4.94. The van der Waals surface area contributed by atoms with Crippen LogP contribution in [0.2, 0.25) is 10.0 Å². The van der Waals surface area contributed by atoms with Crippen molar-refractivity contribution in [3.05, 3.63) is 70.5 Å². The summed E-state index contributed by atoms with van der Waals surface area (Å²) < 4.78 is 7.35. The van der Waals surface area contributed by atoms with E-state index in [0.717, 1.165) is 5.56 Å². The number of aromatic nitrogens is 2. The zero-order valence-electron chi connectivity index (χ0n) is 15.3. The van der Waals surface area contributed by atoms with Crippen LogP contribution >= 0.6 is 23.2 Å². The predicted octanol–water partition coefficient (Wildman–Crippen LogP) is 3.97. The number of rotatable bonds is 4. The molecule has 2 aromatic carbocycles. The van der Waals surface area contributed by atoms with Gasteiger partial charge in [0.2, 0.25) is 0 Å². The summed E-state index contributed by atoms with van der Waals surface area (Å²) >= 11 is 12.1. The van der Waals surface area contributed by atoms with Crippen molar-refractivity contribution in [3.8, 4) is 5.75 Å². The molecule has 4 rings (SSSR count). The van der Waals surface area contributed by atoms with Crippen molar-refractivity contribution in [2.24, 2.45) is 0 Å². The smallest absolute Gasteiger partial charge is 0.278 e. The van der Waals surface area contributed by atoms with Crippen molar-refractivity contribution in [2.45, 2.75) is 19.1 Å². The van der Waals surface area contributed by atoms with Crippen LogP contribution in [0.5, 0.6) is 5.75 Å². The Balaban J connectivity index is 1.49. The fourth-order valence-corrected chi connectivity index (χ4v) is 3.28. The molecule has 2 N–H and O–H groups in total. The van der Waals surface area contributed by atoms with Gasteiger partial charge < -0.3 is 15.4 Å². The minimum Gasteiger partial charge on any atom is -0.466 e. The number of halogens is 2. The molecule has 148 valence electrons. The summed E-state index contributed by atoms with van der Waals surface area (Å²) in [5.74, 6) is -0.845. The van der Waals surface area contributed by atoms with E-state index in [-0.39, 0.29) is 0 Å². The molecule has 0 radical (unpaired) electrons. The number of fused-ring (bicyclic) bond motifs is 1. The second kappa shape index (κ2) is 7.42. The first kappa shape index (κ1) is 19.3. The number of nitrogens with zero attached hydrogens (tertiary/aromatic N) is 2. The molecular formula is C20H16Cl2N4O3. The van der Waals surface area contributed by atoms with Crippen molar-refractivity contribution < 1.29 is 14.3 Å². The van der Waals surface area contributed by atoms with Crippen LogP contribution in [0.1, 0.15) is 12.5 Å². The van der Waals surface area contributed by atoms with Crippen molar-refractivity contribution >= 4 is 46.4 Å². The van der Waals surface area contributed by atoms with Crippen molar-refractivity contribution in [3.63, 3.8) is 0 Å². The molecular weight excluding hydrogens is 415 g/mol. The van der Waals surface area contributed by atoms with Gasteiger partial charge in [0.05, 0.1) is 24.1 Å². The Bertz CT molecular complexity index is 1110. The van der Waals surface area contributed by atoms with Gasteiger partial charge in [0.15, 0.2) is 0 Å². The molecule has 2 heterocycles. The normalized spacial score (nSPS) is 17.8. The number of anilines is 2. The first-order valence-corrected chi connectivity index (χ1v) is 9.48. The molecule has 0 fully saturated rings. The molecule has 1 aliphatic heterocycles. The third kappa shape index (κ3) is 3.79. The fourth-order valence-electron chi connectivity index (χ4n) is 2.91. The zero-order chi connectivity index (χ0) is 20.6. The van der Waals surface area contributed by atoms with Gasteiger partial charge in [0, 0.05) is 16.2 Å². The molecule has 2 amide bonds. The standard InChI is InChI=1S/C20H16Cl2N4O3/c1-20(19(28)25-16-8-13(21)6-7-17(16)29-20)18(27)24-14-9-23-26(11-14)10-12-4-2-3-5-15(12)22/h2-9,11H,10H2,1H3,(H,24,27)(H,25,28). The lowest BCUT2D eigenvalue weighted by Gasteiger charge is -2.33. The van der Waals surface area contributed by atoms with E-state index in [2.05, 4.69) is 15.7 Å². The van der Waals surface area contributed by atoms with Gasteiger partial charge in [-0.15, -0.1) is 0 Å². The molecule has 1 aromatic heterocycles. The number of hydrogen-bond acceptors (Lipinski definition) is 4. The summed E-state index contributed by atoms with van der Waals surface area (Å²) in [5, 5.41) is 10.6. The number of ether oxygens (including phenoxy) is 1. The summed E-state index contributed by atoms with van der Waals surface area (Å²) in [7, 11) is 0. The van der Waals surface area contributed by atoms with E-state index >= 15 is 0 Å². The summed E-state index contributed by atoms with van der Waals surface area (Å²) in [4.78, 5) is 25.3. The van der Waals surface area contributed by atoms with Crippen LogP contribution < -0.4 is 15.4 Å². The minimum atomic E-state index is -1.74. The van der Waals surface area contributed by atoms with Crippen LogP contribution in [0.4, 0.5) is 11.4 Å². The SMILES string of the molecule is CC1(C(=O)Nc2cnn(Cc3ccccc3Cl)c2)Oc2ccc(Cl)cc2NC1=O. The van der Waals surface area contributed by atoms with E-state index in [0.29, 0.717) is 33.7 Å². The number of carbonyl (C=O) groups is 2. The molecule has 0 saturated carbocycles. The summed E-state index contributed by atoms with van der Waals surface area (Å²) in [6.45, 7) is 1.85. The molecule has 1 aliphatic rings. The van der Waals surface area contributed by atoms with E-state index in [1.165, 1.54) is 13.1 Å². The number of benzene rings is 2. The van der Waals surface area contributed by atoms with Crippen LogP contribution in [0.25, 0.3) is 0 Å².